The van der Waals surface area contributed by atoms with Crippen molar-refractivity contribution in [1.82, 2.24) is 74.2 Å². The number of rotatable bonds is 34. The smallest absolute Gasteiger partial charge is 0.409 e. The molecule has 8 aliphatic heterocycles. The van der Waals surface area contributed by atoms with E-state index in [0.29, 0.717) is 77.5 Å². The fraction of sp³-hybridized carbons (Fsp3) is 0.587. The zero-order chi connectivity index (χ0) is 105. The minimum atomic E-state index is -3.47. The zero-order valence-electron chi connectivity index (χ0n) is 79.9. The van der Waals surface area contributed by atoms with Gasteiger partial charge in [-0.15, -0.1) is 0 Å². The maximum atomic E-state index is 13.6. The average molecular weight is 2200 g/mol. The van der Waals surface area contributed by atoms with E-state index in [1.165, 1.54) is 48.0 Å². The van der Waals surface area contributed by atoms with Crippen LogP contribution in [-0.2, 0) is 107 Å². The normalized spacial score (nSPS) is 21.0. The van der Waals surface area contributed by atoms with Gasteiger partial charge in [0.15, 0.2) is 5.11 Å². The first-order valence-electron chi connectivity index (χ1n) is 46.5. The molecule has 0 spiro atoms. The molecule has 0 aromatic heterocycles. The van der Waals surface area contributed by atoms with E-state index in [1.54, 1.807) is 92.4 Å². The van der Waals surface area contributed by atoms with Crippen LogP contribution in [0.1, 0.15) is 86.5 Å². The highest BCUT2D eigenvalue weighted by Crippen LogP contribution is 2.33. The van der Waals surface area contributed by atoms with Crippen LogP contribution in [0.2, 0.25) is 40.2 Å². The van der Waals surface area contributed by atoms with Gasteiger partial charge in [0.25, 0.3) is 0 Å². The first-order valence-corrected chi connectivity index (χ1v) is 51.8. The third-order valence-electron chi connectivity index (χ3n) is 25.4. The van der Waals surface area contributed by atoms with Crippen LogP contribution in [0, 0.1) is 0 Å². The summed E-state index contributed by atoms with van der Waals surface area (Å²) >= 11 is 53.7. The van der Waals surface area contributed by atoms with E-state index in [-0.39, 0.29) is 157 Å². The quantitative estimate of drug-likeness (QED) is 0.0127. The zero-order valence-corrected chi connectivity index (χ0v) is 87.6. The Morgan fingerprint density at radius 1 is 0.392 bits per heavy atom. The fourth-order valence-electron chi connectivity index (χ4n) is 18.3. The molecule has 9 N–H and O–H groups in total. The molecular weight excluding hydrogens is 2080 g/mol. The van der Waals surface area contributed by atoms with Crippen molar-refractivity contribution < 1.29 is 120 Å². The van der Waals surface area contributed by atoms with Gasteiger partial charge in [-0.3, -0.25) is 48.3 Å². The summed E-state index contributed by atoms with van der Waals surface area (Å²) in [7, 11) is 1.65. The van der Waals surface area contributed by atoms with Crippen LogP contribution in [0.15, 0.2) is 72.8 Å². The number of halogens is 8. The number of sulfonamides is 1. The molecule has 0 saturated carbocycles. The van der Waals surface area contributed by atoms with Crippen LogP contribution < -0.4 is 21.1 Å². The molecule has 0 aliphatic carbocycles. The number of nitrogens with one attached hydrogen (secondary N) is 3. The van der Waals surface area contributed by atoms with Crippen molar-refractivity contribution in [2.45, 2.75) is 150 Å². The number of piperazine rings is 4. The van der Waals surface area contributed by atoms with Crippen molar-refractivity contribution in [2.75, 3.05) is 199 Å². The molecule has 143 heavy (non-hydrogen) atoms. The number of amides is 8. The van der Waals surface area contributed by atoms with Gasteiger partial charge >= 0.3 is 54.2 Å². The molecule has 12 rings (SSSR count). The Morgan fingerprint density at radius 3 is 0.944 bits per heavy atom. The number of hydrogen-bond donors (Lipinski definition) is 8. The Bertz CT molecular complexity index is 5210. The highest BCUT2D eigenvalue weighted by molar-refractivity contribution is 7.88. The number of benzene rings is 4. The lowest BCUT2D eigenvalue weighted by atomic mass is 10.0. The second-order valence-corrected chi connectivity index (χ2v) is 41.3. The SMILES string of the molecule is COC(=O)N1C[C@@H](CN2CCCC2)N(C(=O)Cc2ccc(Cl)c(Cl)c2)C[C@@H]1COCC(=O)O.COC(=O)N1C[C@@H](CN2CCCC2)N(C(=O)Cc2ccc(Cl)c(Cl)c2)C[C@H]1CNC(=S)N[C@@H](CC(=O)O)C(=O)O.COC(=O)N1C[C@@H](CN2CCCC2)N(C(=O)Cc2ccc(Cl)c(Cl)c2)C[C@H]1CNS(C)(=O)=O.COC(=O)N1C[C@@H](CN2CCCC2)N(C(=O)Cc2ccc(Cl)c(Cl)c2)C[C@H]1COC(=O)[C@H](N)CC(=O)O. The van der Waals surface area contributed by atoms with Crippen LogP contribution in [0.25, 0.3) is 0 Å². The molecule has 8 fully saturated rings. The van der Waals surface area contributed by atoms with Crippen LogP contribution in [0.4, 0.5) is 19.2 Å². The second kappa shape index (κ2) is 57.3. The second-order valence-electron chi connectivity index (χ2n) is 35.8. The molecule has 0 radical (unpaired) electrons. The average Bonchev–Trinajstić information content (AvgIpc) is 1.07. The number of aliphatic carboxylic acids is 4. The summed E-state index contributed by atoms with van der Waals surface area (Å²) in [5, 5.41) is 44.3. The molecule has 0 bridgehead atoms. The summed E-state index contributed by atoms with van der Waals surface area (Å²) in [6.07, 6.45) is 6.66. The van der Waals surface area contributed by atoms with Crippen LogP contribution in [0.5, 0.6) is 0 Å². The van der Waals surface area contributed by atoms with Crippen molar-refractivity contribution in [1.29, 1.82) is 0 Å². The first-order chi connectivity index (χ1) is 67.9. The van der Waals surface area contributed by atoms with Crippen molar-refractivity contribution in [2.24, 2.45) is 5.73 Å². The Balaban J connectivity index is 0.000000213. The third-order valence-corrected chi connectivity index (χ3v) is 29.4. The Labute approximate surface area is 875 Å². The van der Waals surface area contributed by atoms with Gasteiger partial charge in [-0.25, -0.2) is 41.9 Å². The van der Waals surface area contributed by atoms with Gasteiger partial charge in [0, 0.05) is 91.6 Å². The van der Waals surface area contributed by atoms with Crippen molar-refractivity contribution in [3.8, 4) is 0 Å². The molecule has 4 aromatic rings. The summed E-state index contributed by atoms with van der Waals surface area (Å²) in [5.41, 5.74) is 8.47. The van der Waals surface area contributed by atoms with E-state index in [4.69, 9.17) is 154 Å². The van der Waals surface area contributed by atoms with Gasteiger partial charge in [0.2, 0.25) is 33.7 Å². The van der Waals surface area contributed by atoms with Gasteiger partial charge in [0.1, 0.15) is 25.3 Å². The predicted octanol–water partition coefficient (Wildman–Crippen LogP) is 7.51. The number of hydrogen-bond acceptors (Lipinski definition) is 27. The minimum Gasteiger partial charge on any atom is -0.481 e. The van der Waals surface area contributed by atoms with Gasteiger partial charge in [0.05, 0.1) is 168 Å². The van der Waals surface area contributed by atoms with Crippen molar-refractivity contribution >= 4 is 198 Å². The Morgan fingerprint density at radius 2 is 0.671 bits per heavy atom. The van der Waals surface area contributed by atoms with Gasteiger partial charge in [-0.05, 0) is 187 Å². The number of likely N-dealkylation sites (tertiary alicyclic amines) is 4. The summed E-state index contributed by atoms with van der Waals surface area (Å²) in [6.45, 7) is 10.8. The summed E-state index contributed by atoms with van der Waals surface area (Å²) in [5.74, 6) is -6.46. The predicted molar refractivity (Wildman–Crippen MR) is 537 cm³/mol. The number of esters is 1. The number of nitrogens with two attached hydrogens (primary N) is 1. The van der Waals surface area contributed by atoms with E-state index < -0.39 is 120 Å². The number of methoxy groups -OCH3 is 4. The molecule has 8 aliphatic rings. The first kappa shape index (κ1) is 117. The highest BCUT2D eigenvalue weighted by atomic mass is 35.5. The molecule has 790 valence electrons. The minimum absolute atomic E-state index is 0.0130. The number of carboxylic acids is 4. The molecule has 8 saturated heterocycles. The van der Waals surface area contributed by atoms with Crippen LogP contribution in [0.3, 0.4) is 0 Å². The standard InChI is InChI=1S/C25H33Cl2N5O7S.C24H32Cl2N4O7.C22H29Cl2N3O6.C21H30Cl2N4O5S/c1-39-25(38)32-14-17(12-30-6-2-3-7-30)31(21(33)9-15-4-5-18(26)19(27)8-15)13-16(32)11-28-24(40)29-20(23(36)37)10-22(34)35;1-36-24(35)30-12-16(11-28-6-2-3-7-28)29(21(31)9-15-4-5-18(25)19(26)8-15)13-17(30)14-37-23(34)20(27)10-22(32)33;1-32-22(31)27-11-16(10-25-6-2-3-7-25)26(12-17(27)13-33-14-21(29)30)20(28)9-15-4-5-18(23)19(24)8-15;1-32-21(29)27-14-17(12-25-7-3-4-8-25)26(13-16(27)11-24-33(2,30)31)20(28)10-15-5-6-18(22)19(23)9-15/h4-5,8,16-17,20H,2-3,6-7,9-14H2,1H3,(H,34,35)(H,36,37)(H2,28,29,40);4-5,8,16-17,20H,2-3,6-7,9-14,27H2,1H3,(H,32,33);4-5,8,16-17H,2-3,6-7,9-14H2,1H3,(H,29,30);5-6,9,16-17,24H,3-4,7-8,10-14H2,1-2H3/t16-,17-,20+;16-,17+,20-;2*16-,17-/m1111/s1. The van der Waals surface area contributed by atoms with Crippen molar-refractivity contribution in [3.05, 3.63) is 135 Å². The van der Waals surface area contributed by atoms with Gasteiger partial charge in [-0.2, -0.15) is 0 Å². The number of ether oxygens (including phenoxy) is 6. The monoisotopic (exact) mass is 2200 g/mol. The lowest BCUT2D eigenvalue weighted by molar-refractivity contribution is -0.152. The number of nitrogens with zero attached hydrogens (tertiary/aromatic N) is 12. The molecule has 4 aromatic carbocycles. The molecule has 8 amide bonds. The van der Waals surface area contributed by atoms with Gasteiger partial charge < -0.3 is 109 Å². The molecule has 41 nitrogen and oxygen atoms in total. The number of carbonyl (C=O) groups excluding carboxylic acids is 9. The Kier molecular flexibility index (Phi) is 47.0. The summed E-state index contributed by atoms with van der Waals surface area (Å²) in [4.78, 5) is 183. The number of carboxylic acid groups (broad SMARTS) is 4. The van der Waals surface area contributed by atoms with E-state index in [0.717, 1.165) is 121 Å². The maximum Gasteiger partial charge on any atom is 0.409 e. The third kappa shape index (κ3) is 36.7. The highest BCUT2D eigenvalue weighted by Gasteiger charge is 2.46. The summed E-state index contributed by atoms with van der Waals surface area (Å²) in [6, 6.07) is 14.0. The molecule has 10 atom stereocenters. The lowest BCUT2D eigenvalue weighted by Crippen LogP contribution is -2.66. The van der Waals surface area contributed by atoms with E-state index in [9.17, 15) is 75.9 Å². The van der Waals surface area contributed by atoms with E-state index in [2.05, 4.69) is 35.0 Å². The van der Waals surface area contributed by atoms with Crippen molar-refractivity contribution in [3.63, 3.8) is 0 Å². The summed E-state index contributed by atoms with van der Waals surface area (Å²) < 4.78 is 56.2. The Hall–Kier alpha value is -9.13. The van der Waals surface area contributed by atoms with Gasteiger partial charge in [-0.1, -0.05) is 117 Å². The molecular formula is C92H124Cl8N16O25S2. The van der Waals surface area contributed by atoms with E-state index in [1.807, 2.05) is 0 Å². The van der Waals surface area contributed by atoms with Crippen LogP contribution >= 0.6 is 105 Å². The largest absolute Gasteiger partial charge is 0.481 e. The molecule has 51 heteroatoms. The molecule has 0 unspecified atom stereocenters. The number of thiocarbonyl (C=S) groups is 1. The topological polar surface area (TPSA) is 493 Å². The number of carbonyl (C=O) groups is 13. The maximum absolute atomic E-state index is 13.6. The fourth-order valence-corrected chi connectivity index (χ4v) is 20.3. The van der Waals surface area contributed by atoms with Crippen LogP contribution in [-0.4, -0.2) is 430 Å². The van der Waals surface area contributed by atoms with E-state index >= 15 is 0 Å². The lowest BCUT2D eigenvalue weighted by Gasteiger charge is -2.46. The molecule has 8 heterocycles.